The maximum atomic E-state index is 6.75. The highest BCUT2D eigenvalue weighted by molar-refractivity contribution is 6.16. The van der Waals surface area contributed by atoms with E-state index >= 15 is 0 Å². The zero-order valence-corrected chi connectivity index (χ0v) is 29.2. The van der Waals surface area contributed by atoms with Gasteiger partial charge < -0.3 is 21.7 Å². The predicted octanol–water partition coefficient (Wildman–Crippen LogP) is 10.7. The van der Waals surface area contributed by atoms with Crippen molar-refractivity contribution in [3.8, 4) is 0 Å². The van der Waals surface area contributed by atoms with Crippen LogP contribution in [0.3, 0.4) is 0 Å². The van der Waals surface area contributed by atoms with Gasteiger partial charge in [-0.3, -0.25) is 0 Å². The van der Waals surface area contributed by atoms with Gasteiger partial charge in [-0.15, -0.1) is 0 Å². The fraction of sp³-hybridized carbons (Fsp3) is 0.174. The molecule has 0 aromatic heterocycles. The first-order chi connectivity index (χ1) is 24.5. The summed E-state index contributed by atoms with van der Waals surface area (Å²) in [4.78, 5) is 2.38. The Morgan fingerprint density at radius 1 is 0.740 bits per heavy atom. The molecular weight excluding hydrogens is 609 g/mol. The molecule has 6 aromatic rings. The lowest BCUT2D eigenvalue weighted by Crippen LogP contribution is -2.23. The van der Waals surface area contributed by atoms with Gasteiger partial charge in [0, 0.05) is 36.3 Å². The third-order valence-electron chi connectivity index (χ3n) is 9.12. The molecule has 0 spiro atoms. The van der Waals surface area contributed by atoms with Gasteiger partial charge >= 0.3 is 0 Å². The average molecular weight is 657 g/mol. The summed E-state index contributed by atoms with van der Waals surface area (Å²) in [5.74, 6) is 0. The quantitative estimate of drug-likeness (QED) is 0.101. The minimum absolute atomic E-state index is 0.0146. The van der Waals surface area contributed by atoms with Crippen LogP contribution in [0.1, 0.15) is 55.0 Å². The minimum Gasteiger partial charge on any atom is -0.397 e. The molecule has 6 aromatic carbocycles. The molecule has 0 bridgehead atoms. The van der Waals surface area contributed by atoms with Gasteiger partial charge in [-0.25, -0.2) is 0 Å². The second kappa shape index (κ2) is 16.8. The number of nitrogens with one attached hydrogen (secondary N) is 1. The number of hydrogen-bond donors (Lipinski definition) is 3. The van der Waals surface area contributed by atoms with Crippen LogP contribution in [-0.2, 0) is 13.1 Å². The van der Waals surface area contributed by atoms with E-state index in [1.807, 2.05) is 31.2 Å². The van der Waals surface area contributed by atoms with Gasteiger partial charge in [-0.05, 0) is 83.3 Å². The summed E-state index contributed by atoms with van der Waals surface area (Å²) in [6.07, 6.45) is 13.0. The van der Waals surface area contributed by atoms with Gasteiger partial charge in [0.05, 0.1) is 11.4 Å². The van der Waals surface area contributed by atoms with Crippen LogP contribution < -0.4 is 21.7 Å². The first-order valence-corrected chi connectivity index (χ1v) is 17.7. The molecule has 1 aliphatic rings. The Morgan fingerprint density at radius 3 is 2.06 bits per heavy atom. The zero-order valence-electron chi connectivity index (χ0n) is 29.2. The van der Waals surface area contributed by atoms with Crippen molar-refractivity contribution in [3.63, 3.8) is 0 Å². The lowest BCUT2D eigenvalue weighted by atomic mass is 9.96. The van der Waals surface area contributed by atoms with Gasteiger partial charge in [-0.2, -0.15) is 0 Å². The molecule has 0 radical (unpaired) electrons. The van der Waals surface area contributed by atoms with Crippen LogP contribution in [0, 0.1) is 0 Å². The molecule has 0 heterocycles. The minimum atomic E-state index is 0.0146. The van der Waals surface area contributed by atoms with Crippen LogP contribution >= 0.6 is 0 Å². The molecule has 0 saturated heterocycles. The molecule has 1 aliphatic carbocycles. The lowest BCUT2D eigenvalue weighted by molar-refractivity contribution is 0.575. The molecule has 7 rings (SSSR count). The van der Waals surface area contributed by atoms with E-state index in [1.54, 1.807) is 0 Å². The summed E-state index contributed by atoms with van der Waals surface area (Å²) < 4.78 is 0. The second-order valence-corrected chi connectivity index (χ2v) is 13.0. The summed E-state index contributed by atoms with van der Waals surface area (Å²) in [6.45, 7) is 5.84. The molecule has 2 atom stereocenters. The maximum Gasteiger partial charge on any atom is 0.0733 e. The van der Waals surface area contributed by atoms with Crippen LogP contribution in [0.15, 0.2) is 163 Å². The number of anilines is 2. The van der Waals surface area contributed by atoms with Gasteiger partial charge in [0.1, 0.15) is 0 Å². The Balaban J connectivity index is 0.000000226. The van der Waals surface area contributed by atoms with Crippen molar-refractivity contribution in [2.75, 3.05) is 10.6 Å². The molecular formula is C46H48N4. The Bertz CT molecular complexity index is 2080. The highest BCUT2D eigenvalue weighted by Gasteiger charge is 2.20. The summed E-state index contributed by atoms with van der Waals surface area (Å²) in [7, 11) is 0. The molecule has 4 nitrogen and oxygen atoms in total. The Kier molecular flexibility index (Phi) is 11.6. The Hall–Kier alpha value is -5.42. The third kappa shape index (κ3) is 8.78. The van der Waals surface area contributed by atoms with E-state index in [9.17, 15) is 0 Å². The zero-order chi connectivity index (χ0) is 34.7. The Morgan fingerprint density at radius 2 is 1.38 bits per heavy atom. The van der Waals surface area contributed by atoms with E-state index in [-0.39, 0.29) is 6.04 Å². The highest BCUT2D eigenvalue weighted by Crippen LogP contribution is 2.41. The van der Waals surface area contributed by atoms with Crippen LogP contribution in [-0.4, -0.2) is 6.04 Å². The number of nitrogens with zero attached hydrogens (tertiary/aromatic N) is 1. The van der Waals surface area contributed by atoms with Crippen molar-refractivity contribution < 1.29 is 0 Å². The van der Waals surface area contributed by atoms with Crippen molar-refractivity contribution in [3.05, 3.63) is 186 Å². The van der Waals surface area contributed by atoms with Gasteiger partial charge in [0.15, 0.2) is 0 Å². The van der Waals surface area contributed by atoms with Crippen LogP contribution in [0.2, 0.25) is 0 Å². The number of benzene rings is 6. The van der Waals surface area contributed by atoms with E-state index in [0.717, 1.165) is 42.9 Å². The second-order valence-electron chi connectivity index (χ2n) is 13.0. The van der Waals surface area contributed by atoms with Crippen molar-refractivity contribution >= 4 is 39.0 Å². The number of nitrogens with two attached hydrogens (primary N) is 2. The molecule has 5 N–H and O–H groups in total. The molecule has 252 valence electrons. The Labute approximate surface area is 297 Å². The van der Waals surface area contributed by atoms with E-state index in [0.29, 0.717) is 6.04 Å². The highest BCUT2D eigenvalue weighted by atomic mass is 15.1. The van der Waals surface area contributed by atoms with Crippen molar-refractivity contribution in [1.82, 2.24) is 5.32 Å². The summed E-state index contributed by atoms with van der Waals surface area (Å²) >= 11 is 0. The average Bonchev–Trinajstić information content (AvgIpc) is 3.17. The van der Waals surface area contributed by atoms with Crippen molar-refractivity contribution in [2.24, 2.45) is 5.73 Å². The van der Waals surface area contributed by atoms with Crippen molar-refractivity contribution in [1.29, 1.82) is 0 Å². The summed E-state index contributed by atoms with van der Waals surface area (Å²) in [6, 6.07) is 47.1. The third-order valence-corrected chi connectivity index (χ3v) is 9.12. The van der Waals surface area contributed by atoms with E-state index < -0.39 is 0 Å². The van der Waals surface area contributed by atoms with Crippen LogP contribution in [0.25, 0.3) is 27.6 Å². The fourth-order valence-corrected chi connectivity index (χ4v) is 6.41. The first kappa shape index (κ1) is 34.4. The van der Waals surface area contributed by atoms with Gasteiger partial charge in [0.25, 0.3) is 0 Å². The summed E-state index contributed by atoms with van der Waals surface area (Å²) in [5, 5.41) is 8.28. The van der Waals surface area contributed by atoms with Gasteiger partial charge in [0.2, 0.25) is 0 Å². The smallest absolute Gasteiger partial charge is 0.0733 e. The van der Waals surface area contributed by atoms with Crippen molar-refractivity contribution in [2.45, 2.75) is 51.9 Å². The van der Waals surface area contributed by atoms with Crippen LogP contribution in [0.5, 0.6) is 0 Å². The molecule has 50 heavy (non-hydrogen) atoms. The predicted molar refractivity (Wildman–Crippen MR) is 216 cm³/mol. The largest absolute Gasteiger partial charge is 0.397 e. The van der Waals surface area contributed by atoms with E-state index in [2.05, 4.69) is 157 Å². The number of allylic oxidation sites excluding steroid dienone is 3. The molecule has 0 amide bonds. The van der Waals surface area contributed by atoms with Crippen LogP contribution in [0.4, 0.5) is 11.4 Å². The molecule has 0 fully saturated rings. The SMILES string of the molecule is CC(N)C=Cc1ccc2ccc3ccc(N)c(N(Cc4ccccc4)C4=CCCC=C4)c3c2c1.CC(NCc1ccccc1)c1ccccc1. The van der Waals surface area contributed by atoms with E-state index in [4.69, 9.17) is 11.5 Å². The first-order valence-electron chi connectivity index (χ1n) is 17.7. The number of hydrogen-bond acceptors (Lipinski definition) is 4. The standard InChI is InChI=1S/C31H31N3.C15H17N/c1-22(32)12-13-23-14-15-25-16-17-26-18-19-29(33)31(30(26)28(25)20-23)34(27-10-6-3-7-11-27)21-24-8-4-2-5-9-24;1-13(15-10-6-3-7-11-15)16-12-14-8-4-2-5-9-14/h2,4-6,8-20,22H,3,7,21,32-33H2,1H3;2-11,13,16H,12H2,1H3. The molecule has 4 heteroatoms. The number of fused-ring (bicyclic) bond motifs is 3. The molecule has 2 unspecified atom stereocenters. The summed E-state index contributed by atoms with van der Waals surface area (Å²) in [5.41, 5.74) is 20.8. The normalized spacial score (nSPS) is 13.9. The maximum absolute atomic E-state index is 6.75. The number of nitrogen functional groups attached to an aromatic ring is 1. The topological polar surface area (TPSA) is 67.3 Å². The molecule has 0 saturated carbocycles. The number of rotatable bonds is 10. The molecule has 0 aliphatic heterocycles. The van der Waals surface area contributed by atoms with E-state index in [1.165, 1.54) is 43.9 Å². The van der Waals surface area contributed by atoms with Gasteiger partial charge in [-0.1, -0.05) is 146 Å². The monoisotopic (exact) mass is 656 g/mol. The lowest BCUT2D eigenvalue weighted by Gasteiger charge is -2.30. The fourth-order valence-electron chi connectivity index (χ4n) is 6.41.